The van der Waals surface area contributed by atoms with Gasteiger partial charge in [-0.15, -0.1) is 0 Å². The molecule has 0 spiro atoms. The molecule has 22 heavy (non-hydrogen) atoms. The molecule has 0 amide bonds. The number of rotatable bonds is 2. The van der Waals surface area contributed by atoms with Crippen LogP contribution in [0.2, 0.25) is 0 Å². The predicted molar refractivity (Wildman–Crippen MR) is 86.8 cm³/mol. The van der Waals surface area contributed by atoms with E-state index in [-0.39, 0.29) is 11.4 Å². The van der Waals surface area contributed by atoms with Crippen LogP contribution in [0.15, 0.2) is 30.4 Å². The van der Waals surface area contributed by atoms with E-state index in [0.29, 0.717) is 5.92 Å². The van der Waals surface area contributed by atoms with Gasteiger partial charge in [-0.3, -0.25) is 0 Å². The summed E-state index contributed by atoms with van der Waals surface area (Å²) in [5.74, 6) is 2.55. The van der Waals surface area contributed by atoms with E-state index < -0.39 is 0 Å². The second-order valence-corrected chi connectivity index (χ2v) is 6.98. The van der Waals surface area contributed by atoms with E-state index >= 15 is 0 Å². The zero-order chi connectivity index (χ0) is 15.5. The van der Waals surface area contributed by atoms with Gasteiger partial charge in [-0.1, -0.05) is 18.2 Å². The molecule has 3 rings (SSSR count). The summed E-state index contributed by atoms with van der Waals surface area (Å²) in [4.78, 5) is 0. The van der Waals surface area contributed by atoms with Gasteiger partial charge in [0.2, 0.25) is 0 Å². The van der Waals surface area contributed by atoms with Gasteiger partial charge in [-0.25, -0.2) is 4.39 Å². The third kappa shape index (κ3) is 3.09. The van der Waals surface area contributed by atoms with Crippen LogP contribution in [0, 0.1) is 34.9 Å². The van der Waals surface area contributed by atoms with Crippen molar-refractivity contribution in [2.75, 3.05) is 0 Å². The molecule has 1 aromatic rings. The molecule has 0 N–H and O–H groups in total. The lowest BCUT2D eigenvalue weighted by molar-refractivity contribution is 0.133. The Hall–Kier alpha value is -1.62. The largest absolute Gasteiger partial charge is 0.206 e. The molecule has 4 atom stereocenters. The van der Waals surface area contributed by atoms with Gasteiger partial charge in [-0.2, -0.15) is 5.26 Å². The van der Waals surface area contributed by atoms with Crippen LogP contribution in [0.5, 0.6) is 0 Å². The number of nitrogens with zero attached hydrogens (tertiary/aromatic N) is 1. The summed E-state index contributed by atoms with van der Waals surface area (Å²) in [7, 11) is 0. The highest BCUT2D eigenvalue weighted by Crippen LogP contribution is 2.47. The molecular formula is C20H24FN. The summed E-state index contributed by atoms with van der Waals surface area (Å²) in [6.07, 6.45) is 12.1. The number of nitriles is 1. The Bertz CT molecular complexity index is 598. The Labute approximate surface area is 132 Å². The summed E-state index contributed by atoms with van der Waals surface area (Å²) in [6, 6.07) is 7.09. The van der Waals surface area contributed by atoms with Crippen LogP contribution in [-0.4, -0.2) is 0 Å². The molecule has 4 unspecified atom stereocenters. The second kappa shape index (κ2) is 6.65. The highest BCUT2D eigenvalue weighted by molar-refractivity contribution is 5.35. The second-order valence-electron chi connectivity index (χ2n) is 6.98. The first-order valence-electron chi connectivity index (χ1n) is 8.53. The van der Waals surface area contributed by atoms with Crippen LogP contribution >= 0.6 is 0 Å². The van der Waals surface area contributed by atoms with Crippen LogP contribution in [0.3, 0.4) is 0 Å². The molecule has 2 saturated carbocycles. The molecule has 116 valence electrons. The van der Waals surface area contributed by atoms with Gasteiger partial charge in [0.15, 0.2) is 0 Å². The maximum Gasteiger partial charge on any atom is 0.141 e. The van der Waals surface area contributed by atoms with E-state index in [1.54, 1.807) is 12.1 Å². The zero-order valence-electron chi connectivity index (χ0n) is 13.3. The van der Waals surface area contributed by atoms with E-state index in [1.807, 2.05) is 12.1 Å². The number of benzene rings is 1. The molecule has 0 aromatic heterocycles. The number of hydrogen-bond acceptors (Lipinski definition) is 1. The summed E-state index contributed by atoms with van der Waals surface area (Å²) in [5.41, 5.74) is 1.25. The highest BCUT2D eigenvalue weighted by atomic mass is 19.1. The van der Waals surface area contributed by atoms with Gasteiger partial charge in [0, 0.05) is 0 Å². The Balaban J connectivity index is 1.68. The Morgan fingerprint density at radius 2 is 1.91 bits per heavy atom. The lowest BCUT2D eigenvalue weighted by atomic mass is 9.64. The maximum atomic E-state index is 13.8. The molecule has 0 bridgehead atoms. The van der Waals surface area contributed by atoms with Crippen molar-refractivity contribution >= 4 is 0 Å². The van der Waals surface area contributed by atoms with Crippen molar-refractivity contribution in [3.63, 3.8) is 0 Å². The average molecular weight is 297 g/mol. The normalized spacial score (nSPS) is 31.7. The number of hydrogen-bond donors (Lipinski definition) is 0. The fourth-order valence-corrected chi connectivity index (χ4v) is 4.55. The van der Waals surface area contributed by atoms with Gasteiger partial charge in [0.1, 0.15) is 11.9 Å². The Morgan fingerprint density at radius 3 is 2.64 bits per heavy atom. The number of halogens is 1. The monoisotopic (exact) mass is 297 g/mol. The molecule has 2 aliphatic rings. The first-order chi connectivity index (χ1) is 10.7. The smallest absolute Gasteiger partial charge is 0.141 e. The van der Waals surface area contributed by atoms with E-state index in [1.165, 1.54) is 32.1 Å². The predicted octanol–water partition coefficient (Wildman–Crippen LogP) is 5.57. The maximum absolute atomic E-state index is 13.8. The van der Waals surface area contributed by atoms with E-state index in [2.05, 4.69) is 19.1 Å². The Kier molecular flexibility index (Phi) is 4.62. The van der Waals surface area contributed by atoms with Crippen LogP contribution < -0.4 is 0 Å². The van der Waals surface area contributed by atoms with Crippen molar-refractivity contribution < 1.29 is 4.39 Å². The van der Waals surface area contributed by atoms with E-state index in [0.717, 1.165) is 29.7 Å². The SMILES string of the molecule is CC=CC1CCC2CC(c3ccc(C#N)c(F)c3)CCC2C1. The zero-order valence-corrected chi connectivity index (χ0v) is 13.3. The summed E-state index contributed by atoms with van der Waals surface area (Å²) >= 11 is 0. The minimum Gasteiger partial charge on any atom is -0.206 e. The molecule has 1 nitrogen and oxygen atoms in total. The first kappa shape index (κ1) is 15.3. The molecule has 0 radical (unpaired) electrons. The molecule has 2 aliphatic carbocycles. The van der Waals surface area contributed by atoms with Crippen LogP contribution in [0.1, 0.15) is 62.5 Å². The molecule has 0 aliphatic heterocycles. The molecule has 2 fully saturated rings. The van der Waals surface area contributed by atoms with Gasteiger partial charge < -0.3 is 0 Å². The molecule has 0 heterocycles. The van der Waals surface area contributed by atoms with Gasteiger partial charge in [0.05, 0.1) is 5.56 Å². The summed E-state index contributed by atoms with van der Waals surface area (Å²) in [6.45, 7) is 2.11. The number of allylic oxidation sites excluding steroid dienone is 2. The lowest BCUT2D eigenvalue weighted by Gasteiger charge is -2.41. The average Bonchev–Trinajstić information content (AvgIpc) is 2.54. The van der Waals surface area contributed by atoms with Crippen molar-refractivity contribution in [2.24, 2.45) is 17.8 Å². The van der Waals surface area contributed by atoms with E-state index in [4.69, 9.17) is 5.26 Å². The van der Waals surface area contributed by atoms with Gasteiger partial charge in [-0.05, 0) is 86.8 Å². The summed E-state index contributed by atoms with van der Waals surface area (Å²) < 4.78 is 13.8. The van der Waals surface area contributed by atoms with Gasteiger partial charge >= 0.3 is 0 Å². The van der Waals surface area contributed by atoms with Crippen molar-refractivity contribution in [2.45, 2.75) is 51.4 Å². The number of fused-ring (bicyclic) bond motifs is 1. The topological polar surface area (TPSA) is 23.8 Å². The van der Waals surface area contributed by atoms with Crippen molar-refractivity contribution in [1.29, 1.82) is 5.26 Å². The van der Waals surface area contributed by atoms with E-state index in [9.17, 15) is 4.39 Å². The van der Waals surface area contributed by atoms with Crippen LogP contribution in [0.25, 0.3) is 0 Å². The van der Waals surface area contributed by atoms with Crippen LogP contribution in [-0.2, 0) is 0 Å². The van der Waals surface area contributed by atoms with Crippen LogP contribution in [0.4, 0.5) is 4.39 Å². The molecule has 1 aromatic carbocycles. The molecule has 2 heteroatoms. The summed E-state index contributed by atoms with van der Waals surface area (Å²) in [5, 5.41) is 8.85. The third-order valence-electron chi connectivity index (χ3n) is 5.70. The minimum absolute atomic E-state index is 0.157. The highest BCUT2D eigenvalue weighted by Gasteiger charge is 2.35. The molecular weight excluding hydrogens is 273 g/mol. The quantitative estimate of drug-likeness (QED) is 0.654. The van der Waals surface area contributed by atoms with Gasteiger partial charge in [0.25, 0.3) is 0 Å². The standard InChI is InChI=1S/C20H24FN/c1-2-3-14-4-5-16-11-17(7-6-15(16)10-14)18-8-9-19(13-22)20(21)12-18/h2-3,8-9,12,14-17H,4-7,10-11H2,1H3. The minimum atomic E-state index is -0.362. The fraction of sp³-hybridized carbons (Fsp3) is 0.550. The fourth-order valence-electron chi connectivity index (χ4n) is 4.55. The lowest BCUT2D eigenvalue weighted by Crippen LogP contribution is -2.30. The molecule has 0 saturated heterocycles. The van der Waals surface area contributed by atoms with Crippen molar-refractivity contribution in [1.82, 2.24) is 0 Å². The first-order valence-corrected chi connectivity index (χ1v) is 8.53. The van der Waals surface area contributed by atoms with Crippen molar-refractivity contribution in [3.8, 4) is 6.07 Å². The Morgan fingerprint density at radius 1 is 1.14 bits per heavy atom. The third-order valence-corrected chi connectivity index (χ3v) is 5.70. The van der Waals surface area contributed by atoms with Crippen molar-refractivity contribution in [3.05, 3.63) is 47.3 Å².